The number of hydrogen-bond acceptors (Lipinski definition) is 4. The van der Waals surface area contributed by atoms with Crippen LogP contribution in [0.15, 0.2) is 40.9 Å². The fraction of sp³-hybridized carbons (Fsp3) is 0.222. The van der Waals surface area contributed by atoms with E-state index >= 15 is 0 Å². The third kappa shape index (κ3) is 4.35. The first-order chi connectivity index (χ1) is 11.3. The number of carbonyl (C=O) groups excluding carboxylic acids is 2. The van der Waals surface area contributed by atoms with Gasteiger partial charge in [-0.1, -0.05) is 28.1 Å². The van der Waals surface area contributed by atoms with Crippen LogP contribution in [0.2, 0.25) is 0 Å². The van der Waals surface area contributed by atoms with Crippen molar-refractivity contribution in [3.8, 4) is 0 Å². The normalized spacial score (nSPS) is 11.7. The van der Waals surface area contributed by atoms with E-state index in [9.17, 15) is 9.59 Å². The molecule has 0 saturated heterocycles. The second kappa shape index (κ2) is 7.49. The molecule has 1 amide bonds. The number of hydrogen-bond donors (Lipinski definition) is 2. The highest BCUT2D eigenvalue weighted by Gasteiger charge is 2.21. The summed E-state index contributed by atoms with van der Waals surface area (Å²) in [6, 6.07) is 10.6. The molecule has 0 aliphatic heterocycles. The summed E-state index contributed by atoms with van der Waals surface area (Å²) < 4.78 is 5.93. The van der Waals surface area contributed by atoms with Crippen LogP contribution in [-0.4, -0.2) is 18.0 Å². The van der Waals surface area contributed by atoms with Crippen molar-refractivity contribution >= 4 is 39.2 Å². The average molecular weight is 391 g/mol. The van der Waals surface area contributed by atoms with E-state index in [2.05, 4.69) is 21.2 Å². The molecule has 0 unspecified atom stereocenters. The van der Waals surface area contributed by atoms with Crippen LogP contribution in [0.3, 0.4) is 0 Å². The summed E-state index contributed by atoms with van der Waals surface area (Å²) in [5.74, 6) is -1.04. The van der Waals surface area contributed by atoms with Crippen molar-refractivity contribution in [2.45, 2.75) is 26.9 Å². The summed E-state index contributed by atoms with van der Waals surface area (Å²) >= 11 is 3.28. The van der Waals surface area contributed by atoms with E-state index in [0.29, 0.717) is 15.8 Å². The lowest BCUT2D eigenvalue weighted by Gasteiger charge is -2.15. The van der Waals surface area contributed by atoms with Gasteiger partial charge in [0.2, 0.25) is 0 Å². The smallest absolute Gasteiger partial charge is 0.341 e. The van der Waals surface area contributed by atoms with Gasteiger partial charge >= 0.3 is 5.97 Å². The molecule has 0 aromatic heterocycles. The van der Waals surface area contributed by atoms with E-state index in [1.54, 1.807) is 18.2 Å². The molecule has 3 N–H and O–H groups in total. The number of esters is 1. The minimum atomic E-state index is -0.948. The van der Waals surface area contributed by atoms with Gasteiger partial charge < -0.3 is 15.8 Å². The standard InChI is InChI=1S/C18H19BrN2O3/c1-10-4-5-11(2)16(8-10)21-17(22)12(3)24-18(23)14-9-13(19)6-7-15(14)20/h4-9,12H,20H2,1-3H3,(H,21,22)/t12-/m0/s1. The van der Waals surface area contributed by atoms with Crippen LogP contribution in [0.5, 0.6) is 0 Å². The zero-order chi connectivity index (χ0) is 17.9. The Labute approximate surface area is 149 Å². The van der Waals surface area contributed by atoms with Crippen molar-refractivity contribution in [3.05, 3.63) is 57.6 Å². The van der Waals surface area contributed by atoms with Crippen LogP contribution in [0.1, 0.15) is 28.4 Å². The van der Waals surface area contributed by atoms with E-state index in [-0.39, 0.29) is 5.56 Å². The zero-order valence-electron chi connectivity index (χ0n) is 13.7. The van der Waals surface area contributed by atoms with Crippen molar-refractivity contribution in [2.75, 3.05) is 11.1 Å². The van der Waals surface area contributed by atoms with Crippen molar-refractivity contribution in [3.63, 3.8) is 0 Å². The Bertz CT molecular complexity index is 790. The number of nitrogens with one attached hydrogen (secondary N) is 1. The third-order valence-electron chi connectivity index (χ3n) is 3.54. The van der Waals surface area contributed by atoms with Gasteiger partial charge in [-0.2, -0.15) is 0 Å². The monoisotopic (exact) mass is 390 g/mol. The van der Waals surface area contributed by atoms with Gasteiger partial charge in [0.05, 0.1) is 5.56 Å². The molecule has 0 saturated carbocycles. The van der Waals surface area contributed by atoms with Crippen LogP contribution < -0.4 is 11.1 Å². The number of rotatable bonds is 4. The molecular formula is C18H19BrN2O3. The molecule has 1 atom stereocenters. The van der Waals surface area contributed by atoms with Crippen molar-refractivity contribution < 1.29 is 14.3 Å². The highest BCUT2D eigenvalue weighted by atomic mass is 79.9. The van der Waals surface area contributed by atoms with E-state index < -0.39 is 18.0 Å². The fourth-order valence-corrected chi connectivity index (χ4v) is 2.45. The molecule has 0 fully saturated rings. The van der Waals surface area contributed by atoms with E-state index in [1.165, 1.54) is 6.92 Å². The third-order valence-corrected chi connectivity index (χ3v) is 4.03. The second-order valence-corrected chi connectivity index (χ2v) is 6.50. The number of aryl methyl sites for hydroxylation is 2. The first-order valence-corrected chi connectivity index (χ1v) is 8.21. The van der Waals surface area contributed by atoms with Crippen molar-refractivity contribution in [1.29, 1.82) is 0 Å². The van der Waals surface area contributed by atoms with Gasteiger partial charge in [-0.15, -0.1) is 0 Å². The number of nitrogens with two attached hydrogens (primary N) is 1. The van der Waals surface area contributed by atoms with E-state index in [0.717, 1.165) is 11.1 Å². The van der Waals surface area contributed by atoms with Gasteiger partial charge in [-0.25, -0.2) is 4.79 Å². The molecule has 2 aromatic carbocycles. The first kappa shape index (κ1) is 18.0. The number of halogens is 1. The van der Waals surface area contributed by atoms with Crippen molar-refractivity contribution in [2.24, 2.45) is 0 Å². The first-order valence-electron chi connectivity index (χ1n) is 7.42. The van der Waals surface area contributed by atoms with Crippen LogP contribution in [0, 0.1) is 13.8 Å². The van der Waals surface area contributed by atoms with Crippen LogP contribution in [-0.2, 0) is 9.53 Å². The average Bonchev–Trinajstić information content (AvgIpc) is 2.53. The predicted octanol–water partition coefficient (Wildman–Crippen LogP) is 3.83. The quantitative estimate of drug-likeness (QED) is 0.613. The maximum absolute atomic E-state index is 12.3. The lowest BCUT2D eigenvalue weighted by molar-refractivity contribution is -0.123. The SMILES string of the molecule is Cc1ccc(C)c(NC(=O)[C@H](C)OC(=O)c2cc(Br)ccc2N)c1. The van der Waals surface area contributed by atoms with Gasteiger partial charge in [0.15, 0.2) is 6.10 Å². The predicted molar refractivity (Wildman–Crippen MR) is 98.0 cm³/mol. The zero-order valence-corrected chi connectivity index (χ0v) is 15.3. The number of nitrogen functional groups attached to an aromatic ring is 1. The molecule has 126 valence electrons. The van der Waals surface area contributed by atoms with Gasteiger partial charge in [-0.3, -0.25) is 4.79 Å². The Morgan fingerprint density at radius 1 is 1.17 bits per heavy atom. The largest absolute Gasteiger partial charge is 0.449 e. The van der Waals surface area contributed by atoms with E-state index in [1.807, 2.05) is 32.0 Å². The Hall–Kier alpha value is -2.34. The van der Waals surface area contributed by atoms with Gasteiger partial charge in [0.1, 0.15) is 0 Å². The number of ether oxygens (including phenoxy) is 1. The number of anilines is 2. The summed E-state index contributed by atoms with van der Waals surface area (Å²) in [6.45, 7) is 5.36. The lowest BCUT2D eigenvalue weighted by Crippen LogP contribution is -2.30. The molecule has 0 radical (unpaired) electrons. The second-order valence-electron chi connectivity index (χ2n) is 5.59. The molecule has 0 aliphatic carbocycles. The number of amides is 1. The minimum Gasteiger partial charge on any atom is -0.449 e. The maximum Gasteiger partial charge on any atom is 0.341 e. The summed E-state index contributed by atoms with van der Waals surface area (Å²) in [6.07, 6.45) is -0.948. The molecule has 2 aromatic rings. The molecule has 24 heavy (non-hydrogen) atoms. The topological polar surface area (TPSA) is 81.4 Å². The van der Waals surface area contributed by atoms with E-state index in [4.69, 9.17) is 10.5 Å². The molecule has 0 bridgehead atoms. The lowest BCUT2D eigenvalue weighted by atomic mass is 10.1. The Morgan fingerprint density at radius 3 is 2.58 bits per heavy atom. The summed E-state index contributed by atoms with van der Waals surface area (Å²) in [7, 11) is 0. The molecule has 0 spiro atoms. The fourth-order valence-electron chi connectivity index (χ4n) is 2.09. The number of benzene rings is 2. The Balaban J connectivity index is 2.07. The molecule has 0 heterocycles. The molecule has 0 aliphatic rings. The summed E-state index contributed by atoms with van der Waals surface area (Å²) in [5.41, 5.74) is 8.96. The van der Waals surface area contributed by atoms with Crippen LogP contribution in [0.4, 0.5) is 11.4 Å². The molecule has 6 heteroatoms. The van der Waals surface area contributed by atoms with Gasteiger partial charge in [0.25, 0.3) is 5.91 Å². The highest BCUT2D eigenvalue weighted by Crippen LogP contribution is 2.20. The van der Waals surface area contributed by atoms with Gasteiger partial charge in [-0.05, 0) is 56.2 Å². The maximum atomic E-state index is 12.3. The Kier molecular flexibility index (Phi) is 5.62. The molecular weight excluding hydrogens is 372 g/mol. The van der Waals surface area contributed by atoms with Crippen LogP contribution in [0.25, 0.3) is 0 Å². The van der Waals surface area contributed by atoms with Crippen molar-refractivity contribution in [1.82, 2.24) is 0 Å². The highest BCUT2D eigenvalue weighted by molar-refractivity contribution is 9.10. The summed E-state index contributed by atoms with van der Waals surface area (Å²) in [4.78, 5) is 24.5. The van der Waals surface area contributed by atoms with Gasteiger partial charge in [0, 0.05) is 15.8 Å². The minimum absolute atomic E-state index is 0.218. The molecule has 5 nitrogen and oxygen atoms in total. The molecule has 2 rings (SSSR count). The Morgan fingerprint density at radius 2 is 1.88 bits per heavy atom. The van der Waals surface area contributed by atoms with Crippen LogP contribution >= 0.6 is 15.9 Å². The number of carbonyl (C=O) groups is 2. The summed E-state index contributed by atoms with van der Waals surface area (Å²) in [5, 5.41) is 2.78.